The molecule has 0 radical (unpaired) electrons. The molecule has 0 aromatic carbocycles. The molecule has 0 bridgehead atoms. The molecule has 29 heavy (non-hydrogen) atoms. The van der Waals surface area contributed by atoms with Crippen LogP contribution in [0.4, 0.5) is 43.9 Å². The predicted octanol–water partition coefficient (Wildman–Crippen LogP) is 6.76. The fraction of sp³-hybridized carbons (Fsp3) is 0.786. The summed E-state index contributed by atoms with van der Waals surface area (Å²) < 4.78 is 136. The first-order chi connectivity index (χ1) is 12.6. The van der Waals surface area contributed by atoms with Crippen LogP contribution < -0.4 is 0 Å². The van der Waals surface area contributed by atoms with Gasteiger partial charge in [-0.1, -0.05) is 0 Å². The molecule has 170 valence electrons. The zero-order valence-corrected chi connectivity index (χ0v) is 17.6. The van der Waals surface area contributed by atoms with Gasteiger partial charge in [-0.15, -0.1) is 25.3 Å². The van der Waals surface area contributed by atoms with Gasteiger partial charge in [-0.25, -0.2) is 0 Å². The van der Waals surface area contributed by atoms with Gasteiger partial charge >= 0.3 is 29.6 Å². The SMILES string of the molecule is CC(C)n1c(S)c(S)n(CCC(F)(F)C(F)(F)C(F)(F)C(F)(F)C(C)(F)F)c1=S. The van der Waals surface area contributed by atoms with Crippen molar-refractivity contribution < 1.29 is 43.9 Å². The second-order valence-corrected chi connectivity index (χ2v) is 7.82. The molecule has 0 fully saturated rings. The van der Waals surface area contributed by atoms with Crippen molar-refractivity contribution in [3.8, 4) is 0 Å². The quantitative estimate of drug-likeness (QED) is 0.229. The molecule has 1 rings (SSSR count). The zero-order chi connectivity index (χ0) is 23.4. The molecular formula is C14H16F10N2S3. The Labute approximate surface area is 175 Å². The monoisotopic (exact) mass is 498 g/mol. The first-order valence-electron chi connectivity index (χ1n) is 7.77. The summed E-state index contributed by atoms with van der Waals surface area (Å²) in [5.41, 5.74) is 0. The summed E-state index contributed by atoms with van der Waals surface area (Å²) in [6.07, 6.45) is -2.11. The minimum absolute atomic E-state index is 0.0610. The number of imidazole rings is 1. The zero-order valence-electron chi connectivity index (χ0n) is 15.0. The minimum atomic E-state index is -7.05. The number of halogens is 10. The van der Waals surface area contributed by atoms with Crippen LogP contribution in [0.3, 0.4) is 0 Å². The summed E-state index contributed by atoms with van der Waals surface area (Å²) in [6, 6.07) is -0.362. The van der Waals surface area contributed by atoms with Crippen LogP contribution in [-0.2, 0) is 6.54 Å². The molecule has 15 heteroatoms. The first-order valence-corrected chi connectivity index (χ1v) is 9.07. The van der Waals surface area contributed by atoms with Gasteiger partial charge in [-0.05, 0) is 26.1 Å². The Morgan fingerprint density at radius 2 is 1.28 bits per heavy atom. The Morgan fingerprint density at radius 3 is 1.62 bits per heavy atom. The van der Waals surface area contributed by atoms with Crippen LogP contribution in [0.2, 0.25) is 0 Å². The highest BCUT2D eigenvalue weighted by Gasteiger charge is 2.84. The Kier molecular flexibility index (Phi) is 7.16. The normalized spacial score (nSPS) is 14.8. The predicted molar refractivity (Wildman–Crippen MR) is 93.2 cm³/mol. The molecule has 0 spiro atoms. The van der Waals surface area contributed by atoms with Gasteiger partial charge in [-0.3, -0.25) is 0 Å². The molecule has 0 aliphatic rings. The molecule has 0 N–H and O–H groups in total. The van der Waals surface area contributed by atoms with Crippen molar-refractivity contribution in [3.63, 3.8) is 0 Å². The van der Waals surface area contributed by atoms with Crippen LogP contribution in [0.15, 0.2) is 10.1 Å². The average molecular weight is 498 g/mol. The van der Waals surface area contributed by atoms with Crippen molar-refractivity contribution in [3.05, 3.63) is 4.77 Å². The van der Waals surface area contributed by atoms with Crippen LogP contribution in [0.5, 0.6) is 0 Å². The summed E-state index contributed by atoms with van der Waals surface area (Å²) in [7, 11) is 0. The Morgan fingerprint density at radius 1 is 0.828 bits per heavy atom. The van der Waals surface area contributed by atoms with E-state index in [1.165, 1.54) is 4.57 Å². The summed E-state index contributed by atoms with van der Waals surface area (Å²) in [4.78, 5) is 0. The Hall–Kier alpha value is -0.570. The maximum Gasteiger partial charge on any atom is 0.384 e. The highest BCUT2D eigenvalue weighted by atomic mass is 32.1. The topological polar surface area (TPSA) is 9.86 Å². The van der Waals surface area contributed by atoms with Gasteiger partial charge in [0.25, 0.3) is 0 Å². The molecule has 1 aromatic heterocycles. The minimum Gasteiger partial charge on any atom is -0.311 e. The summed E-state index contributed by atoms with van der Waals surface area (Å²) in [6.45, 7) is 1.31. The lowest BCUT2D eigenvalue weighted by Gasteiger charge is -2.38. The summed E-state index contributed by atoms with van der Waals surface area (Å²) in [5.74, 6) is -32.1. The molecular weight excluding hydrogens is 482 g/mol. The van der Waals surface area contributed by atoms with E-state index in [2.05, 4.69) is 25.3 Å². The van der Waals surface area contributed by atoms with E-state index in [0.717, 1.165) is 4.57 Å². The number of alkyl halides is 10. The fourth-order valence-electron chi connectivity index (χ4n) is 2.32. The molecule has 1 heterocycles. The van der Waals surface area contributed by atoms with Crippen LogP contribution in [0.25, 0.3) is 0 Å². The number of thiol groups is 2. The highest BCUT2D eigenvalue weighted by molar-refractivity contribution is 7.83. The van der Waals surface area contributed by atoms with Crippen LogP contribution in [-0.4, -0.2) is 38.7 Å². The van der Waals surface area contributed by atoms with E-state index < -0.39 is 49.5 Å². The van der Waals surface area contributed by atoms with Gasteiger partial charge in [0.1, 0.15) is 10.1 Å². The molecule has 0 saturated heterocycles. The van der Waals surface area contributed by atoms with Crippen LogP contribution >= 0.6 is 37.5 Å². The van der Waals surface area contributed by atoms with Crippen molar-refractivity contribution in [2.45, 2.75) is 79.4 Å². The van der Waals surface area contributed by atoms with Crippen LogP contribution in [0.1, 0.15) is 33.2 Å². The number of rotatable bonds is 8. The van der Waals surface area contributed by atoms with Gasteiger partial charge in [0.05, 0.1) is 0 Å². The molecule has 0 aliphatic carbocycles. The molecule has 0 atom stereocenters. The molecule has 0 aliphatic heterocycles. The maximum absolute atomic E-state index is 13.9. The van der Waals surface area contributed by atoms with E-state index in [1.54, 1.807) is 13.8 Å². The number of hydrogen-bond donors (Lipinski definition) is 2. The standard InChI is InChI=1S/C14H16F10N2S3/c1-6(2)26-8(28)7(27)25(9(26)29)5-4-11(17,18)13(21,22)14(23,24)12(19,20)10(3,15)16/h6,27-28H,4-5H2,1-3H3. The van der Waals surface area contributed by atoms with Gasteiger partial charge in [0.2, 0.25) is 0 Å². The lowest BCUT2D eigenvalue weighted by Crippen LogP contribution is -2.66. The van der Waals surface area contributed by atoms with Gasteiger partial charge in [-0.2, -0.15) is 43.9 Å². The molecule has 2 nitrogen and oxygen atoms in total. The molecule has 0 saturated carbocycles. The lowest BCUT2D eigenvalue weighted by atomic mass is 9.93. The fourth-order valence-corrected chi connectivity index (χ4v) is 3.69. The summed E-state index contributed by atoms with van der Waals surface area (Å²) in [5, 5.41) is -0.103. The number of nitrogens with zero attached hydrogens (tertiary/aromatic N) is 2. The smallest absolute Gasteiger partial charge is 0.311 e. The van der Waals surface area contributed by atoms with Crippen molar-refractivity contribution in [1.82, 2.24) is 9.13 Å². The number of hydrogen-bond acceptors (Lipinski definition) is 3. The second-order valence-electron chi connectivity index (χ2n) is 6.61. The molecule has 0 unspecified atom stereocenters. The van der Waals surface area contributed by atoms with Gasteiger partial charge in [0.15, 0.2) is 4.77 Å². The van der Waals surface area contributed by atoms with E-state index in [1.807, 2.05) is 0 Å². The second kappa shape index (κ2) is 7.84. The van der Waals surface area contributed by atoms with E-state index in [4.69, 9.17) is 12.2 Å². The number of aromatic nitrogens is 2. The first kappa shape index (κ1) is 26.5. The third kappa shape index (κ3) is 4.14. The lowest BCUT2D eigenvalue weighted by molar-refractivity contribution is -0.399. The molecule has 1 aromatic rings. The van der Waals surface area contributed by atoms with Crippen LogP contribution in [0, 0.1) is 4.77 Å². The van der Waals surface area contributed by atoms with Crippen molar-refractivity contribution in [1.29, 1.82) is 0 Å². The van der Waals surface area contributed by atoms with Crippen molar-refractivity contribution in [2.24, 2.45) is 0 Å². The van der Waals surface area contributed by atoms with E-state index in [0.29, 0.717) is 0 Å². The molecule has 0 amide bonds. The van der Waals surface area contributed by atoms with E-state index in [-0.39, 0.29) is 20.9 Å². The van der Waals surface area contributed by atoms with Crippen molar-refractivity contribution in [2.75, 3.05) is 0 Å². The Balaban J connectivity index is 3.31. The van der Waals surface area contributed by atoms with Crippen molar-refractivity contribution >= 4 is 37.5 Å². The van der Waals surface area contributed by atoms with Gasteiger partial charge in [0, 0.05) is 25.9 Å². The largest absolute Gasteiger partial charge is 0.384 e. The highest BCUT2D eigenvalue weighted by Crippen LogP contribution is 2.57. The van der Waals surface area contributed by atoms with Gasteiger partial charge < -0.3 is 9.13 Å². The average Bonchev–Trinajstić information content (AvgIpc) is 2.73. The third-order valence-electron chi connectivity index (χ3n) is 4.09. The third-order valence-corrected chi connectivity index (χ3v) is 5.56. The Bertz CT molecular complexity index is 808. The maximum atomic E-state index is 13.9. The van der Waals surface area contributed by atoms with E-state index in [9.17, 15) is 43.9 Å². The van der Waals surface area contributed by atoms with E-state index >= 15 is 0 Å². The summed E-state index contributed by atoms with van der Waals surface area (Å²) >= 11 is 12.9.